The smallest absolute Gasteiger partial charge is 0.411 e. The number of carbonyl (C=O) groups is 2. The minimum Gasteiger partial charge on any atom is -0.467 e. The fraction of sp³-hybridized carbons (Fsp3) is 0.556. The number of carbonyl (C=O) groups excluding carboxylic acids is 2. The van der Waals surface area contributed by atoms with Crippen LogP contribution in [0.25, 0.3) is 0 Å². The van der Waals surface area contributed by atoms with Gasteiger partial charge in [0.25, 0.3) is 10.1 Å². The number of aryl methyl sites for hydroxylation is 1. The molecule has 1 amide bonds. The summed E-state index contributed by atoms with van der Waals surface area (Å²) in [6.45, 7) is 6.84. The Morgan fingerprint density at radius 2 is 1.74 bits per heavy atom. The lowest BCUT2D eigenvalue weighted by molar-refractivity contribution is -0.145. The number of likely N-dealkylation sites (tertiary alicyclic amines) is 1. The molecule has 8 nitrogen and oxygen atoms in total. The molecule has 1 aromatic carbocycles. The molecule has 27 heavy (non-hydrogen) atoms. The number of benzene rings is 1. The highest BCUT2D eigenvalue weighted by atomic mass is 32.2. The van der Waals surface area contributed by atoms with Gasteiger partial charge in [0.1, 0.15) is 11.6 Å². The van der Waals surface area contributed by atoms with Gasteiger partial charge in [-0.25, -0.2) is 9.59 Å². The number of esters is 1. The third-order valence-electron chi connectivity index (χ3n) is 3.94. The minimum absolute atomic E-state index is 0.00297. The maximum absolute atomic E-state index is 12.5. The van der Waals surface area contributed by atoms with Crippen molar-refractivity contribution in [3.05, 3.63) is 29.8 Å². The normalized spacial score (nSPS) is 20.4. The molecule has 0 saturated carbocycles. The molecule has 9 heteroatoms. The van der Waals surface area contributed by atoms with Crippen molar-refractivity contribution in [1.82, 2.24) is 4.90 Å². The van der Waals surface area contributed by atoms with Crippen LogP contribution in [0.5, 0.6) is 0 Å². The van der Waals surface area contributed by atoms with Crippen molar-refractivity contribution in [3.8, 4) is 0 Å². The average Bonchev–Trinajstić information content (AvgIpc) is 2.96. The molecule has 1 unspecified atom stereocenters. The Morgan fingerprint density at radius 1 is 1.15 bits per heavy atom. The summed E-state index contributed by atoms with van der Waals surface area (Å²) in [5.74, 6) is -0.653. The second-order valence-corrected chi connectivity index (χ2v) is 8.96. The van der Waals surface area contributed by atoms with Crippen molar-refractivity contribution in [2.45, 2.75) is 56.8 Å². The first-order valence-electron chi connectivity index (χ1n) is 8.50. The van der Waals surface area contributed by atoms with Gasteiger partial charge in [-0.3, -0.25) is 9.08 Å². The largest absolute Gasteiger partial charge is 0.467 e. The first kappa shape index (κ1) is 21.2. The second kappa shape index (κ2) is 7.85. The molecule has 150 valence electrons. The van der Waals surface area contributed by atoms with Crippen molar-refractivity contribution in [1.29, 1.82) is 0 Å². The number of nitrogens with zero attached hydrogens (tertiary/aromatic N) is 1. The Hall–Kier alpha value is -2.13. The molecule has 1 fully saturated rings. The zero-order valence-corrected chi connectivity index (χ0v) is 16.9. The second-order valence-electron chi connectivity index (χ2n) is 7.39. The number of rotatable bonds is 4. The van der Waals surface area contributed by atoms with Gasteiger partial charge in [0.2, 0.25) is 0 Å². The SMILES string of the molecule is COC(=O)C1C[C@@H](OS(=O)(=O)c2ccc(C)cc2)CN1C(=O)OC(C)(C)C. The summed E-state index contributed by atoms with van der Waals surface area (Å²) in [5, 5.41) is 0. The van der Waals surface area contributed by atoms with Gasteiger partial charge < -0.3 is 9.47 Å². The van der Waals surface area contributed by atoms with Crippen molar-refractivity contribution >= 4 is 22.2 Å². The highest BCUT2D eigenvalue weighted by Gasteiger charge is 2.44. The van der Waals surface area contributed by atoms with Gasteiger partial charge >= 0.3 is 12.1 Å². The lowest BCUT2D eigenvalue weighted by atomic mass is 10.2. The summed E-state index contributed by atoms with van der Waals surface area (Å²) in [4.78, 5) is 25.6. The summed E-state index contributed by atoms with van der Waals surface area (Å²) in [5.41, 5.74) is 0.154. The van der Waals surface area contributed by atoms with Gasteiger partial charge in [0.05, 0.1) is 24.7 Å². The van der Waals surface area contributed by atoms with Gasteiger partial charge in [-0.1, -0.05) is 17.7 Å². The molecule has 0 aliphatic carbocycles. The molecule has 0 radical (unpaired) electrons. The van der Waals surface area contributed by atoms with E-state index in [-0.39, 0.29) is 17.9 Å². The average molecular weight is 399 g/mol. The molecule has 0 aromatic heterocycles. The zero-order chi connectivity index (χ0) is 20.4. The Bertz CT molecular complexity index is 796. The van der Waals surface area contributed by atoms with E-state index in [0.29, 0.717) is 0 Å². The predicted octanol–water partition coefficient (Wildman–Crippen LogP) is 2.25. The Balaban J connectivity index is 2.18. The lowest BCUT2D eigenvalue weighted by Gasteiger charge is -2.27. The van der Waals surface area contributed by atoms with Crippen molar-refractivity contribution in [3.63, 3.8) is 0 Å². The number of hydrogen-bond acceptors (Lipinski definition) is 7. The molecule has 2 rings (SSSR count). The minimum atomic E-state index is -4.03. The highest BCUT2D eigenvalue weighted by molar-refractivity contribution is 7.86. The van der Waals surface area contributed by atoms with E-state index in [2.05, 4.69) is 0 Å². The van der Waals surface area contributed by atoms with Crippen LogP contribution in [0.1, 0.15) is 32.8 Å². The first-order valence-corrected chi connectivity index (χ1v) is 9.91. The van der Waals surface area contributed by atoms with Crippen LogP contribution in [0.4, 0.5) is 4.79 Å². The predicted molar refractivity (Wildman–Crippen MR) is 96.6 cm³/mol. The first-order chi connectivity index (χ1) is 12.4. The summed E-state index contributed by atoms with van der Waals surface area (Å²) < 4.78 is 40.3. The molecule has 0 N–H and O–H groups in total. The Kier molecular flexibility index (Phi) is 6.16. The summed E-state index contributed by atoms with van der Waals surface area (Å²) in [7, 11) is -2.83. The molecular formula is C18H25NO7S. The zero-order valence-electron chi connectivity index (χ0n) is 16.1. The molecule has 1 heterocycles. The standard InChI is InChI=1S/C18H25NO7S/c1-12-6-8-14(9-7-12)27(22,23)26-13-10-15(16(20)24-5)19(11-13)17(21)25-18(2,3)4/h6-9,13,15H,10-11H2,1-5H3/t13-,15?/m1/s1. The van der Waals surface area contributed by atoms with E-state index in [9.17, 15) is 18.0 Å². The van der Waals surface area contributed by atoms with E-state index in [1.54, 1.807) is 32.9 Å². The molecule has 2 atom stereocenters. The highest BCUT2D eigenvalue weighted by Crippen LogP contribution is 2.27. The quantitative estimate of drug-likeness (QED) is 0.565. The van der Waals surface area contributed by atoms with E-state index >= 15 is 0 Å². The van der Waals surface area contributed by atoms with Gasteiger partial charge in [0, 0.05) is 6.42 Å². The van der Waals surface area contributed by atoms with Gasteiger partial charge in [-0.05, 0) is 39.8 Å². The Morgan fingerprint density at radius 3 is 2.26 bits per heavy atom. The third-order valence-corrected chi connectivity index (χ3v) is 5.31. The summed E-state index contributed by atoms with van der Waals surface area (Å²) in [6.07, 6.45) is -1.61. The number of hydrogen-bond donors (Lipinski definition) is 0. The Labute approximate surface area is 159 Å². The fourth-order valence-electron chi connectivity index (χ4n) is 2.69. The van der Waals surface area contributed by atoms with Crippen molar-refractivity contribution in [2.24, 2.45) is 0 Å². The summed E-state index contributed by atoms with van der Waals surface area (Å²) in [6, 6.07) is 5.25. The van der Waals surface area contributed by atoms with E-state index in [0.717, 1.165) is 10.5 Å². The number of ether oxygens (including phenoxy) is 2. The molecule has 0 bridgehead atoms. The fourth-order valence-corrected chi connectivity index (χ4v) is 3.77. The van der Waals surface area contributed by atoms with Crippen LogP contribution in [-0.2, 0) is 28.6 Å². The molecule has 1 aliphatic heterocycles. The van der Waals surface area contributed by atoms with Crippen LogP contribution in [0.15, 0.2) is 29.2 Å². The topological polar surface area (TPSA) is 99.2 Å². The van der Waals surface area contributed by atoms with Crippen molar-refractivity contribution in [2.75, 3.05) is 13.7 Å². The van der Waals surface area contributed by atoms with E-state index < -0.39 is 39.9 Å². The van der Waals surface area contributed by atoms with Gasteiger partial charge in [-0.2, -0.15) is 8.42 Å². The number of amides is 1. The van der Waals surface area contributed by atoms with E-state index in [1.807, 2.05) is 6.92 Å². The van der Waals surface area contributed by atoms with Crippen LogP contribution in [0.3, 0.4) is 0 Å². The van der Waals surface area contributed by atoms with Crippen LogP contribution in [0.2, 0.25) is 0 Å². The van der Waals surface area contributed by atoms with Crippen LogP contribution in [-0.4, -0.2) is 56.8 Å². The maximum Gasteiger partial charge on any atom is 0.411 e. The van der Waals surface area contributed by atoms with Crippen LogP contribution < -0.4 is 0 Å². The lowest BCUT2D eigenvalue weighted by Crippen LogP contribution is -2.44. The molecule has 1 aliphatic rings. The molecule has 1 aromatic rings. The third kappa shape index (κ3) is 5.43. The van der Waals surface area contributed by atoms with Crippen molar-refractivity contribution < 1.29 is 31.7 Å². The van der Waals surface area contributed by atoms with Gasteiger partial charge in [-0.15, -0.1) is 0 Å². The maximum atomic E-state index is 12.5. The van der Waals surface area contributed by atoms with Crippen LogP contribution in [0, 0.1) is 6.92 Å². The molecule has 0 spiro atoms. The molecular weight excluding hydrogens is 374 g/mol. The van der Waals surface area contributed by atoms with E-state index in [1.165, 1.54) is 19.2 Å². The van der Waals surface area contributed by atoms with E-state index in [4.69, 9.17) is 13.7 Å². The monoisotopic (exact) mass is 399 g/mol. The van der Waals surface area contributed by atoms with Gasteiger partial charge in [0.15, 0.2) is 0 Å². The number of methoxy groups -OCH3 is 1. The summed E-state index contributed by atoms with van der Waals surface area (Å²) >= 11 is 0. The van der Waals surface area contributed by atoms with Crippen LogP contribution >= 0.6 is 0 Å². The molecule has 1 saturated heterocycles.